The Bertz CT molecular complexity index is 1090. The first-order valence-electron chi connectivity index (χ1n) is 10.9. The molecule has 1 amide bonds. The average Bonchev–Trinajstić information content (AvgIpc) is 2.78. The van der Waals surface area contributed by atoms with Crippen LogP contribution in [0.1, 0.15) is 56.6 Å². The molecule has 6 heteroatoms. The van der Waals surface area contributed by atoms with Crippen LogP contribution in [0.25, 0.3) is 17.1 Å². The maximum atomic E-state index is 12.7. The minimum atomic E-state index is -0.210. The van der Waals surface area contributed by atoms with Gasteiger partial charge in [0.15, 0.2) is 0 Å². The second kappa shape index (κ2) is 11.2. The number of aromatic nitrogens is 3. The molecule has 0 saturated carbocycles. The van der Waals surface area contributed by atoms with Crippen molar-refractivity contribution in [2.75, 3.05) is 6.54 Å². The highest BCUT2D eigenvalue weighted by Crippen LogP contribution is 2.17. The highest BCUT2D eigenvalue weighted by Gasteiger charge is 2.06. The van der Waals surface area contributed by atoms with Gasteiger partial charge in [-0.1, -0.05) is 38.8 Å². The van der Waals surface area contributed by atoms with Crippen molar-refractivity contribution in [3.8, 4) is 0 Å². The zero-order chi connectivity index (χ0) is 22.1. The van der Waals surface area contributed by atoms with Gasteiger partial charge in [0.05, 0.1) is 10.9 Å². The van der Waals surface area contributed by atoms with Crippen LogP contribution in [-0.2, 0) is 11.2 Å². The minimum absolute atomic E-state index is 0.176. The maximum absolute atomic E-state index is 12.7. The monoisotopic (exact) mass is 418 g/mol. The number of nitrogens with one attached hydrogen (secondary N) is 1. The molecule has 3 rings (SSSR count). The van der Waals surface area contributed by atoms with Gasteiger partial charge in [-0.05, 0) is 54.5 Å². The highest BCUT2D eigenvalue weighted by molar-refractivity contribution is 5.90. The second-order valence-electron chi connectivity index (χ2n) is 8.02. The first-order valence-corrected chi connectivity index (χ1v) is 10.9. The lowest BCUT2D eigenvalue weighted by Gasteiger charge is -2.07. The molecule has 0 unspecified atom stereocenters. The molecule has 0 bridgehead atoms. The predicted molar refractivity (Wildman–Crippen MR) is 125 cm³/mol. The van der Waals surface area contributed by atoms with Gasteiger partial charge in [-0.2, -0.15) is 0 Å². The van der Waals surface area contributed by atoms with E-state index in [1.54, 1.807) is 6.20 Å². The number of pyridine rings is 1. The van der Waals surface area contributed by atoms with Crippen molar-refractivity contribution >= 4 is 23.0 Å². The predicted octanol–water partition coefficient (Wildman–Crippen LogP) is 4.30. The highest BCUT2D eigenvalue weighted by atomic mass is 16.1. The molecule has 0 aliphatic heterocycles. The van der Waals surface area contributed by atoms with Gasteiger partial charge in [-0.15, -0.1) is 0 Å². The van der Waals surface area contributed by atoms with E-state index in [0.29, 0.717) is 23.4 Å². The normalized spacial score (nSPS) is 11.5. The Morgan fingerprint density at radius 1 is 1.16 bits per heavy atom. The van der Waals surface area contributed by atoms with Crippen molar-refractivity contribution in [2.24, 2.45) is 0 Å². The van der Waals surface area contributed by atoms with Crippen LogP contribution in [0.4, 0.5) is 0 Å². The SMILES string of the molecule is CC(C)c1ccc2ncn(C=CC(=O)NCCCCCCc3cccnc3)c(=O)c2c1. The van der Waals surface area contributed by atoms with Crippen LogP contribution in [0.3, 0.4) is 0 Å². The van der Waals surface area contributed by atoms with E-state index >= 15 is 0 Å². The van der Waals surface area contributed by atoms with E-state index in [2.05, 4.69) is 35.2 Å². The van der Waals surface area contributed by atoms with Crippen LogP contribution in [0.15, 0.2) is 59.9 Å². The van der Waals surface area contributed by atoms with Crippen LogP contribution in [0.2, 0.25) is 0 Å². The summed E-state index contributed by atoms with van der Waals surface area (Å²) in [5.41, 5.74) is 2.84. The number of benzene rings is 1. The standard InChI is InChI=1S/C25H30N4O2/c1-19(2)21-10-11-23-22(16-21)25(31)29(18-28-23)15-12-24(30)27-14-6-4-3-5-8-20-9-7-13-26-17-20/h7,9-13,15-19H,3-6,8,14H2,1-2H3,(H,27,30). The van der Waals surface area contributed by atoms with Crippen molar-refractivity contribution in [1.82, 2.24) is 19.9 Å². The molecule has 0 atom stereocenters. The van der Waals surface area contributed by atoms with Gasteiger partial charge >= 0.3 is 0 Å². The number of fused-ring (bicyclic) bond motifs is 1. The van der Waals surface area contributed by atoms with Gasteiger partial charge in [-0.3, -0.25) is 19.1 Å². The van der Waals surface area contributed by atoms with Gasteiger partial charge in [-0.25, -0.2) is 4.98 Å². The molecular weight excluding hydrogens is 388 g/mol. The Labute approximate surface area is 183 Å². The lowest BCUT2D eigenvalue weighted by Crippen LogP contribution is -2.23. The molecule has 0 radical (unpaired) electrons. The van der Waals surface area contributed by atoms with Crippen LogP contribution in [-0.4, -0.2) is 27.0 Å². The zero-order valence-electron chi connectivity index (χ0n) is 18.3. The summed E-state index contributed by atoms with van der Waals surface area (Å²) in [5, 5.41) is 3.43. The van der Waals surface area contributed by atoms with E-state index in [1.165, 1.54) is 28.7 Å². The molecule has 1 N–H and O–H groups in total. The van der Waals surface area contributed by atoms with E-state index in [4.69, 9.17) is 0 Å². The Balaban J connectivity index is 1.43. The Kier molecular flexibility index (Phi) is 8.10. The molecule has 31 heavy (non-hydrogen) atoms. The van der Waals surface area contributed by atoms with Gasteiger partial charge < -0.3 is 5.32 Å². The molecule has 3 aromatic rings. The summed E-state index contributed by atoms with van der Waals surface area (Å²) in [6.07, 6.45) is 13.3. The van der Waals surface area contributed by atoms with Crippen LogP contribution in [0, 0.1) is 0 Å². The summed E-state index contributed by atoms with van der Waals surface area (Å²) >= 11 is 0. The van der Waals surface area contributed by atoms with Crippen molar-refractivity contribution in [2.45, 2.75) is 51.9 Å². The molecule has 0 aliphatic rings. The number of nitrogens with zero attached hydrogens (tertiary/aromatic N) is 3. The van der Waals surface area contributed by atoms with E-state index in [1.807, 2.05) is 30.5 Å². The number of aryl methyl sites for hydroxylation is 1. The number of amides is 1. The van der Waals surface area contributed by atoms with Gasteiger partial charge in [0.1, 0.15) is 6.33 Å². The van der Waals surface area contributed by atoms with Gasteiger partial charge in [0.25, 0.3) is 5.56 Å². The molecule has 0 fully saturated rings. The summed E-state index contributed by atoms with van der Waals surface area (Å²) < 4.78 is 1.35. The van der Waals surface area contributed by atoms with Crippen LogP contribution in [0.5, 0.6) is 0 Å². The van der Waals surface area contributed by atoms with Gasteiger partial charge in [0.2, 0.25) is 5.91 Å². The summed E-state index contributed by atoms with van der Waals surface area (Å²) in [5.74, 6) is 0.118. The molecule has 1 aromatic carbocycles. The first kappa shape index (κ1) is 22.4. The molecule has 162 valence electrons. The maximum Gasteiger partial charge on any atom is 0.265 e. The third kappa shape index (κ3) is 6.60. The Morgan fingerprint density at radius 3 is 2.77 bits per heavy atom. The summed E-state index contributed by atoms with van der Waals surface area (Å²) in [6, 6.07) is 9.80. The molecule has 0 spiro atoms. The molecule has 0 aliphatic carbocycles. The molecule has 2 heterocycles. The van der Waals surface area contributed by atoms with Crippen LogP contribution < -0.4 is 10.9 Å². The Morgan fingerprint density at radius 2 is 2.00 bits per heavy atom. The van der Waals surface area contributed by atoms with E-state index < -0.39 is 0 Å². The number of carbonyl (C=O) groups excluding carboxylic acids is 1. The largest absolute Gasteiger partial charge is 0.353 e. The summed E-state index contributed by atoms with van der Waals surface area (Å²) in [6.45, 7) is 4.79. The fourth-order valence-corrected chi connectivity index (χ4v) is 3.39. The third-order valence-electron chi connectivity index (χ3n) is 5.27. The van der Waals surface area contributed by atoms with Crippen molar-refractivity contribution in [1.29, 1.82) is 0 Å². The number of rotatable bonds is 10. The third-order valence-corrected chi connectivity index (χ3v) is 5.27. The molecule has 0 saturated heterocycles. The van der Waals surface area contributed by atoms with E-state index in [9.17, 15) is 9.59 Å². The molecular formula is C25H30N4O2. The minimum Gasteiger partial charge on any atom is -0.353 e. The summed E-state index contributed by atoms with van der Waals surface area (Å²) in [4.78, 5) is 33.2. The van der Waals surface area contributed by atoms with Crippen molar-refractivity contribution < 1.29 is 4.79 Å². The summed E-state index contributed by atoms with van der Waals surface area (Å²) in [7, 11) is 0. The van der Waals surface area contributed by atoms with Crippen molar-refractivity contribution in [3.63, 3.8) is 0 Å². The lowest BCUT2D eigenvalue weighted by molar-refractivity contribution is -0.116. The smallest absolute Gasteiger partial charge is 0.265 e. The fourth-order valence-electron chi connectivity index (χ4n) is 3.39. The van der Waals surface area contributed by atoms with E-state index in [0.717, 1.165) is 37.7 Å². The molecule has 2 aromatic heterocycles. The Hall–Kier alpha value is -3.28. The second-order valence-corrected chi connectivity index (χ2v) is 8.02. The zero-order valence-corrected chi connectivity index (χ0v) is 18.3. The fraction of sp³-hybridized carbons (Fsp3) is 0.360. The lowest BCUT2D eigenvalue weighted by atomic mass is 10.0. The number of hydrogen-bond acceptors (Lipinski definition) is 4. The topological polar surface area (TPSA) is 76.9 Å². The quantitative estimate of drug-likeness (QED) is 0.393. The molecule has 6 nitrogen and oxygen atoms in total. The number of unbranched alkanes of at least 4 members (excludes halogenated alkanes) is 3. The number of carbonyl (C=O) groups is 1. The van der Waals surface area contributed by atoms with Gasteiger partial charge in [0, 0.05) is 31.2 Å². The average molecular weight is 419 g/mol. The van der Waals surface area contributed by atoms with Crippen molar-refractivity contribution in [3.05, 3.63) is 76.6 Å². The van der Waals surface area contributed by atoms with E-state index in [-0.39, 0.29) is 11.5 Å². The van der Waals surface area contributed by atoms with Crippen LogP contribution >= 0.6 is 0 Å². The first-order chi connectivity index (χ1) is 15.0. The number of hydrogen-bond donors (Lipinski definition) is 1.